The van der Waals surface area contributed by atoms with Gasteiger partial charge in [-0.2, -0.15) is 0 Å². The molecule has 3 aromatic rings. The molecular weight excluding hydrogens is 390 g/mol. The van der Waals surface area contributed by atoms with Gasteiger partial charge in [-0.15, -0.1) is 0 Å². The first-order valence-electron chi connectivity index (χ1n) is 10.2. The van der Waals surface area contributed by atoms with E-state index < -0.39 is 11.5 Å². The summed E-state index contributed by atoms with van der Waals surface area (Å²) in [4.78, 5) is 28.1. The van der Waals surface area contributed by atoms with Crippen LogP contribution in [-0.2, 0) is 16.9 Å². The maximum Gasteiger partial charge on any atom is 0.264 e. The Morgan fingerprint density at radius 1 is 1.03 bits per heavy atom. The molecule has 0 fully saturated rings. The Kier molecular flexibility index (Phi) is 5.38. The number of benzene rings is 3. The minimum atomic E-state index is -1.91. The molecule has 0 aliphatic carbocycles. The summed E-state index contributed by atoms with van der Waals surface area (Å²) in [6.07, 6.45) is -0.334. The van der Waals surface area contributed by atoms with Gasteiger partial charge in [-0.1, -0.05) is 54.1 Å². The molecule has 0 unspecified atom stereocenters. The molecule has 1 N–H and O–H groups in total. The van der Waals surface area contributed by atoms with Crippen LogP contribution in [0.1, 0.15) is 39.0 Å². The number of aliphatic hydroxyl groups is 1. The molecule has 1 amide bonds. The fourth-order valence-corrected chi connectivity index (χ4v) is 4.11. The molecule has 5 nitrogen and oxygen atoms in total. The molecule has 158 valence electrons. The minimum absolute atomic E-state index is 0.321. The van der Waals surface area contributed by atoms with E-state index in [1.54, 1.807) is 41.3 Å². The second-order valence-electron chi connectivity index (χ2n) is 8.03. The summed E-state index contributed by atoms with van der Waals surface area (Å²) < 4.78 is 5.19. The molecule has 1 atom stereocenters. The molecule has 1 aliphatic rings. The number of carbonyl (C=O) groups excluding carboxylic acids is 2. The first-order chi connectivity index (χ1) is 14.8. The number of hydrogen-bond donors (Lipinski definition) is 1. The number of methoxy groups -OCH3 is 1. The SMILES string of the molecule is COc1cccc(C(=O)C[C@@]2(O)C(=O)N(Cc3cc(C)ccc3C)c3ccccc32)c1. The first-order valence-corrected chi connectivity index (χ1v) is 10.2. The van der Waals surface area contributed by atoms with Crippen LogP contribution in [-0.4, -0.2) is 23.9 Å². The number of ether oxygens (including phenoxy) is 1. The summed E-state index contributed by atoms with van der Waals surface area (Å²) in [6, 6.07) is 20.0. The van der Waals surface area contributed by atoms with Crippen molar-refractivity contribution in [2.45, 2.75) is 32.4 Å². The summed E-state index contributed by atoms with van der Waals surface area (Å²) in [6.45, 7) is 4.34. The maximum absolute atomic E-state index is 13.5. The number of para-hydroxylation sites is 1. The van der Waals surface area contributed by atoms with Crippen LogP contribution < -0.4 is 9.64 Å². The van der Waals surface area contributed by atoms with Crippen LogP contribution in [0.25, 0.3) is 0 Å². The highest BCUT2D eigenvalue weighted by Crippen LogP contribution is 2.43. The summed E-state index contributed by atoms with van der Waals surface area (Å²) in [5.41, 5.74) is 2.75. The average Bonchev–Trinajstić information content (AvgIpc) is 2.98. The van der Waals surface area contributed by atoms with Crippen molar-refractivity contribution in [2.75, 3.05) is 12.0 Å². The van der Waals surface area contributed by atoms with Crippen LogP contribution >= 0.6 is 0 Å². The number of anilines is 1. The van der Waals surface area contributed by atoms with E-state index in [2.05, 4.69) is 0 Å². The van der Waals surface area contributed by atoms with Crippen molar-refractivity contribution in [3.8, 4) is 5.75 Å². The van der Waals surface area contributed by atoms with Gasteiger partial charge in [0.25, 0.3) is 5.91 Å². The molecule has 1 aliphatic heterocycles. The monoisotopic (exact) mass is 415 g/mol. The fraction of sp³-hybridized carbons (Fsp3) is 0.231. The lowest BCUT2D eigenvalue weighted by Crippen LogP contribution is -2.41. The molecule has 1 heterocycles. The molecule has 0 saturated heterocycles. The third-order valence-corrected chi connectivity index (χ3v) is 5.88. The maximum atomic E-state index is 13.5. The second kappa shape index (κ2) is 8.00. The highest BCUT2D eigenvalue weighted by molar-refractivity contribution is 6.10. The average molecular weight is 415 g/mol. The van der Waals surface area contributed by atoms with Crippen molar-refractivity contribution < 1.29 is 19.4 Å². The third-order valence-electron chi connectivity index (χ3n) is 5.88. The summed E-state index contributed by atoms with van der Waals surface area (Å²) in [5.74, 6) is -0.253. The number of fused-ring (bicyclic) bond motifs is 1. The second-order valence-corrected chi connectivity index (χ2v) is 8.03. The van der Waals surface area contributed by atoms with E-state index in [-0.39, 0.29) is 12.2 Å². The standard InChI is InChI=1S/C26H25NO4/c1-17-11-12-18(2)20(13-17)16-27-23-10-5-4-9-22(23)26(30,25(27)29)15-24(28)19-7-6-8-21(14-19)31-3/h4-14,30H,15-16H2,1-3H3/t26-/m0/s1. The molecule has 31 heavy (non-hydrogen) atoms. The van der Waals surface area contributed by atoms with Gasteiger partial charge in [-0.05, 0) is 43.2 Å². The Morgan fingerprint density at radius 3 is 2.58 bits per heavy atom. The van der Waals surface area contributed by atoms with Crippen molar-refractivity contribution in [3.63, 3.8) is 0 Å². The van der Waals surface area contributed by atoms with E-state index in [9.17, 15) is 14.7 Å². The number of hydrogen-bond acceptors (Lipinski definition) is 4. The van der Waals surface area contributed by atoms with E-state index >= 15 is 0 Å². The Morgan fingerprint density at radius 2 is 1.81 bits per heavy atom. The van der Waals surface area contributed by atoms with Crippen molar-refractivity contribution in [2.24, 2.45) is 0 Å². The summed E-state index contributed by atoms with van der Waals surface area (Å²) >= 11 is 0. The van der Waals surface area contributed by atoms with Gasteiger partial charge < -0.3 is 14.7 Å². The Bertz CT molecular complexity index is 1170. The number of Topliss-reactive ketones (excluding diaryl/α,β-unsaturated/α-hetero) is 1. The van der Waals surface area contributed by atoms with Gasteiger partial charge >= 0.3 is 0 Å². The number of aryl methyl sites for hydroxylation is 2. The van der Waals surface area contributed by atoms with Gasteiger partial charge in [0, 0.05) is 11.1 Å². The zero-order chi connectivity index (χ0) is 22.2. The molecular formula is C26H25NO4. The van der Waals surface area contributed by atoms with Gasteiger partial charge in [0.2, 0.25) is 0 Å². The van der Waals surface area contributed by atoms with Gasteiger partial charge in [0.1, 0.15) is 5.75 Å². The highest BCUT2D eigenvalue weighted by atomic mass is 16.5. The van der Waals surface area contributed by atoms with Crippen LogP contribution in [0, 0.1) is 13.8 Å². The largest absolute Gasteiger partial charge is 0.497 e. The number of ketones is 1. The third kappa shape index (κ3) is 3.73. The lowest BCUT2D eigenvalue weighted by molar-refractivity contribution is -0.136. The summed E-state index contributed by atoms with van der Waals surface area (Å²) in [7, 11) is 1.53. The van der Waals surface area contributed by atoms with E-state index in [0.29, 0.717) is 29.1 Å². The van der Waals surface area contributed by atoms with Gasteiger partial charge in [0.05, 0.1) is 25.8 Å². The van der Waals surface area contributed by atoms with Gasteiger partial charge in [-0.25, -0.2) is 0 Å². The van der Waals surface area contributed by atoms with Crippen molar-refractivity contribution >= 4 is 17.4 Å². The molecule has 4 rings (SSSR count). The predicted octanol–water partition coefficient (Wildman–Crippen LogP) is 4.32. The van der Waals surface area contributed by atoms with Crippen LogP contribution in [0.3, 0.4) is 0 Å². The lowest BCUT2D eigenvalue weighted by atomic mass is 9.88. The molecule has 0 bridgehead atoms. The molecule has 5 heteroatoms. The zero-order valence-electron chi connectivity index (χ0n) is 17.9. The smallest absolute Gasteiger partial charge is 0.264 e. The molecule has 0 spiro atoms. The van der Waals surface area contributed by atoms with Crippen molar-refractivity contribution in [1.29, 1.82) is 0 Å². The van der Waals surface area contributed by atoms with Crippen molar-refractivity contribution in [1.82, 2.24) is 0 Å². The van der Waals surface area contributed by atoms with Crippen LogP contribution in [0.2, 0.25) is 0 Å². The van der Waals surface area contributed by atoms with E-state index in [1.807, 2.05) is 44.2 Å². The van der Waals surface area contributed by atoms with Gasteiger partial charge in [0.15, 0.2) is 11.4 Å². The molecule has 3 aromatic carbocycles. The summed E-state index contributed by atoms with van der Waals surface area (Å²) in [5, 5.41) is 11.5. The van der Waals surface area contributed by atoms with E-state index in [1.165, 1.54) is 7.11 Å². The lowest BCUT2D eigenvalue weighted by Gasteiger charge is -2.23. The van der Waals surface area contributed by atoms with E-state index in [4.69, 9.17) is 4.74 Å². The quantitative estimate of drug-likeness (QED) is 0.609. The van der Waals surface area contributed by atoms with Crippen LogP contribution in [0.4, 0.5) is 5.69 Å². The number of amides is 1. The van der Waals surface area contributed by atoms with Crippen molar-refractivity contribution in [3.05, 3.63) is 94.5 Å². The van der Waals surface area contributed by atoms with Crippen LogP contribution in [0.5, 0.6) is 5.75 Å². The normalized spacial score (nSPS) is 17.5. The number of rotatable bonds is 6. The Labute approximate surface area is 181 Å². The van der Waals surface area contributed by atoms with E-state index in [0.717, 1.165) is 16.7 Å². The molecule has 0 radical (unpaired) electrons. The minimum Gasteiger partial charge on any atom is -0.497 e. The molecule has 0 aromatic heterocycles. The topological polar surface area (TPSA) is 66.8 Å². The Hall–Kier alpha value is -3.44. The fourth-order valence-electron chi connectivity index (χ4n) is 4.11. The highest BCUT2D eigenvalue weighted by Gasteiger charge is 2.50. The van der Waals surface area contributed by atoms with Gasteiger partial charge in [-0.3, -0.25) is 9.59 Å². The zero-order valence-corrected chi connectivity index (χ0v) is 17.9. The number of carbonyl (C=O) groups is 2. The molecule has 0 saturated carbocycles. The predicted molar refractivity (Wildman–Crippen MR) is 119 cm³/mol. The van der Waals surface area contributed by atoms with Crippen LogP contribution in [0.15, 0.2) is 66.7 Å². The Balaban J connectivity index is 1.69. The number of nitrogens with zero attached hydrogens (tertiary/aromatic N) is 1. The first kappa shape index (κ1) is 20.8.